The number of aryl methyl sites for hydroxylation is 1. The van der Waals surface area contributed by atoms with E-state index in [2.05, 4.69) is 9.88 Å². The maximum absolute atomic E-state index is 12.6. The number of morpholine rings is 1. The molecule has 3 rings (SSSR count). The summed E-state index contributed by atoms with van der Waals surface area (Å²) in [5.41, 5.74) is 2.82. The number of para-hydroxylation sites is 1. The van der Waals surface area contributed by atoms with E-state index < -0.39 is 0 Å². The van der Waals surface area contributed by atoms with E-state index in [0.29, 0.717) is 13.2 Å². The third kappa shape index (κ3) is 2.49. The van der Waals surface area contributed by atoms with Crippen LogP contribution in [0.4, 0.5) is 0 Å². The van der Waals surface area contributed by atoms with Crippen LogP contribution >= 0.6 is 0 Å². The summed E-state index contributed by atoms with van der Waals surface area (Å²) in [7, 11) is 0. The summed E-state index contributed by atoms with van der Waals surface area (Å²) in [6.45, 7) is 6.85. The van der Waals surface area contributed by atoms with Gasteiger partial charge in [-0.05, 0) is 19.9 Å². The van der Waals surface area contributed by atoms with E-state index in [4.69, 9.17) is 4.74 Å². The first kappa shape index (κ1) is 13.3. The summed E-state index contributed by atoms with van der Waals surface area (Å²) in [6, 6.07) is 7.98. The average molecular weight is 272 g/mol. The molecule has 106 valence electrons. The highest BCUT2D eigenvalue weighted by Gasteiger charge is 2.22. The first-order valence-corrected chi connectivity index (χ1v) is 7.09. The second-order valence-electron chi connectivity index (χ2n) is 5.51. The maximum atomic E-state index is 12.6. The molecular weight excluding hydrogens is 252 g/mol. The highest BCUT2D eigenvalue weighted by Crippen LogP contribution is 2.22. The van der Waals surface area contributed by atoms with Gasteiger partial charge in [-0.1, -0.05) is 18.2 Å². The smallest absolute Gasteiger partial charge is 0.179 e. The summed E-state index contributed by atoms with van der Waals surface area (Å²) in [5.74, 6) is 0.189. The Morgan fingerprint density at radius 2 is 2.25 bits per heavy atom. The van der Waals surface area contributed by atoms with Gasteiger partial charge in [-0.2, -0.15) is 0 Å². The number of rotatable bonds is 3. The molecule has 4 nitrogen and oxygen atoms in total. The Balaban J connectivity index is 1.83. The molecule has 1 unspecified atom stereocenters. The van der Waals surface area contributed by atoms with Gasteiger partial charge in [0.15, 0.2) is 5.78 Å². The number of nitrogens with zero attached hydrogens (tertiary/aromatic N) is 1. The van der Waals surface area contributed by atoms with Gasteiger partial charge in [-0.3, -0.25) is 9.69 Å². The number of hydrogen-bond donors (Lipinski definition) is 1. The molecule has 1 aliphatic heterocycles. The third-order valence-electron chi connectivity index (χ3n) is 3.86. The number of carbonyl (C=O) groups is 1. The lowest BCUT2D eigenvalue weighted by Crippen LogP contribution is -2.43. The normalized spacial score (nSPS) is 20.4. The van der Waals surface area contributed by atoms with Crippen molar-refractivity contribution in [2.45, 2.75) is 20.0 Å². The van der Waals surface area contributed by atoms with Gasteiger partial charge in [-0.15, -0.1) is 0 Å². The number of Topliss-reactive ketones (excluding diaryl/α,β-unsaturated/α-hetero) is 1. The number of aromatic nitrogens is 1. The van der Waals surface area contributed by atoms with Gasteiger partial charge in [0.2, 0.25) is 0 Å². The Morgan fingerprint density at radius 3 is 3.05 bits per heavy atom. The second kappa shape index (κ2) is 5.38. The number of ether oxygens (including phenoxy) is 1. The molecule has 1 aromatic heterocycles. The first-order valence-electron chi connectivity index (χ1n) is 7.09. The molecule has 1 aromatic carbocycles. The van der Waals surface area contributed by atoms with E-state index in [9.17, 15) is 4.79 Å². The lowest BCUT2D eigenvalue weighted by atomic mass is 10.1. The van der Waals surface area contributed by atoms with Crippen LogP contribution in [0.5, 0.6) is 0 Å². The number of benzene rings is 1. The quantitative estimate of drug-likeness (QED) is 0.873. The van der Waals surface area contributed by atoms with Gasteiger partial charge < -0.3 is 9.72 Å². The SMILES string of the molecule is Cc1[nH]c2ccccc2c1C(=O)CN1CCOC(C)C1. The van der Waals surface area contributed by atoms with Crippen LogP contribution in [-0.2, 0) is 4.74 Å². The molecule has 0 aliphatic carbocycles. The topological polar surface area (TPSA) is 45.3 Å². The second-order valence-corrected chi connectivity index (χ2v) is 5.51. The predicted molar refractivity (Wildman–Crippen MR) is 79.2 cm³/mol. The van der Waals surface area contributed by atoms with Crippen LogP contribution in [0.25, 0.3) is 10.9 Å². The molecule has 2 heterocycles. The Kier molecular flexibility index (Phi) is 3.59. The Morgan fingerprint density at radius 1 is 1.45 bits per heavy atom. The number of fused-ring (bicyclic) bond motifs is 1. The lowest BCUT2D eigenvalue weighted by molar-refractivity contribution is -0.0158. The standard InChI is InChI=1S/C16H20N2O2/c1-11-9-18(7-8-20-11)10-15(19)16-12(2)17-14-6-4-3-5-13(14)16/h3-6,11,17H,7-10H2,1-2H3. The zero-order valence-electron chi connectivity index (χ0n) is 12.0. The number of H-pyrrole nitrogens is 1. The minimum Gasteiger partial charge on any atom is -0.376 e. The van der Waals surface area contributed by atoms with E-state index in [-0.39, 0.29) is 11.9 Å². The Bertz CT molecular complexity index is 632. The van der Waals surface area contributed by atoms with Crippen molar-refractivity contribution in [3.05, 3.63) is 35.5 Å². The molecule has 0 radical (unpaired) electrons. The molecule has 1 saturated heterocycles. The van der Waals surface area contributed by atoms with Crippen molar-refractivity contribution in [2.75, 3.05) is 26.2 Å². The van der Waals surface area contributed by atoms with Crippen molar-refractivity contribution in [3.8, 4) is 0 Å². The molecule has 1 fully saturated rings. The van der Waals surface area contributed by atoms with Crippen molar-refractivity contribution in [1.82, 2.24) is 9.88 Å². The van der Waals surface area contributed by atoms with Crippen LogP contribution in [0.15, 0.2) is 24.3 Å². The average Bonchev–Trinajstić information content (AvgIpc) is 2.74. The van der Waals surface area contributed by atoms with Crippen LogP contribution in [0.3, 0.4) is 0 Å². The zero-order valence-corrected chi connectivity index (χ0v) is 12.0. The summed E-state index contributed by atoms with van der Waals surface area (Å²) >= 11 is 0. The van der Waals surface area contributed by atoms with Crippen molar-refractivity contribution in [3.63, 3.8) is 0 Å². The van der Waals surface area contributed by atoms with E-state index in [0.717, 1.165) is 35.2 Å². The number of aromatic amines is 1. The molecule has 1 atom stereocenters. The highest BCUT2D eigenvalue weighted by molar-refractivity contribution is 6.10. The fraction of sp³-hybridized carbons (Fsp3) is 0.438. The number of carbonyl (C=O) groups excluding carboxylic acids is 1. The third-order valence-corrected chi connectivity index (χ3v) is 3.86. The molecule has 20 heavy (non-hydrogen) atoms. The molecule has 1 N–H and O–H groups in total. The first-order chi connectivity index (χ1) is 9.65. The Hall–Kier alpha value is -1.65. The number of nitrogens with one attached hydrogen (secondary N) is 1. The van der Waals surface area contributed by atoms with Crippen LogP contribution in [0.1, 0.15) is 23.0 Å². The molecular formula is C16H20N2O2. The molecule has 1 aliphatic rings. The fourth-order valence-electron chi connectivity index (χ4n) is 2.95. The van der Waals surface area contributed by atoms with Crippen molar-refractivity contribution in [2.24, 2.45) is 0 Å². The maximum Gasteiger partial charge on any atom is 0.179 e. The summed E-state index contributed by atoms with van der Waals surface area (Å²) < 4.78 is 5.52. The van der Waals surface area contributed by atoms with Gasteiger partial charge in [0.05, 0.1) is 19.3 Å². The number of ketones is 1. The molecule has 0 amide bonds. The highest BCUT2D eigenvalue weighted by atomic mass is 16.5. The van der Waals surface area contributed by atoms with Crippen LogP contribution < -0.4 is 0 Å². The van der Waals surface area contributed by atoms with Crippen molar-refractivity contribution < 1.29 is 9.53 Å². The molecule has 0 saturated carbocycles. The predicted octanol–water partition coefficient (Wildman–Crippen LogP) is 2.38. The fourth-order valence-corrected chi connectivity index (χ4v) is 2.95. The van der Waals surface area contributed by atoms with E-state index in [1.807, 2.05) is 38.1 Å². The minimum absolute atomic E-state index is 0.189. The largest absolute Gasteiger partial charge is 0.376 e. The Labute approximate surface area is 118 Å². The van der Waals surface area contributed by atoms with Gasteiger partial charge >= 0.3 is 0 Å². The van der Waals surface area contributed by atoms with Gasteiger partial charge in [0.1, 0.15) is 0 Å². The van der Waals surface area contributed by atoms with Crippen LogP contribution in [-0.4, -0.2) is 48.0 Å². The van der Waals surface area contributed by atoms with Crippen molar-refractivity contribution >= 4 is 16.7 Å². The van der Waals surface area contributed by atoms with Crippen molar-refractivity contribution in [1.29, 1.82) is 0 Å². The van der Waals surface area contributed by atoms with Gasteiger partial charge in [-0.25, -0.2) is 0 Å². The molecule has 2 aromatic rings. The molecule has 4 heteroatoms. The van der Waals surface area contributed by atoms with Gasteiger partial charge in [0, 0.05) is 35.2 Å². The molecule has 0 spiro atoms. The van der Waals surface area contributed by atoms with E-state index in [1.54, 1.807) is 0 Å². The van der Waals surface area contributed by atoms with E-state index in [1.165, 1.54) is 0 Å². The lowest BCUT2D eigenvalue weighted by Gasteiger charge is -2.30. The van der Waals surface area contributed by atoms with Gasteiger partial charge in [0.25, 0.3) is 0 Å². The van der Waals surface area contributed by atoms with Crippen LogP contribution in [0.2, 0.25) is 0 Å². The summed E-state index contributed by atoms with van der Waals surface area (Å²) in [6.07, 6.45) is 0.209. The minimum atomic E-state index is 0.189. The van der Waals surface area contributed by atoms with E-state index >= 15 is 0 Å². The zero-order chi connectivity index (χ0) is 14.1. The monoisotopic (exact) mass is 272 g/mol. The summed E-state index contributed by atoms with van der Waals surface area (Å²) in [5, 5.41) is 1.02. The number of hydrogen-bond acceptors (Lipinski definition) is 3. The molecule has 0 bridgehead atoms. The van der Waals surface area contributed by atoms with Crippen LogP contribution in [0, 0.1) is 6.92 Å². The summed E-state index contributed by atoms with van der Waals surface area (Å²) in [4.78, 5) is 18.1.